The topological polar surface area (TPSA) is 55.8 Å². The lowest BCUT2D eigenvalue weighted by Crippen LogP contribution is -2.53. The minimum Gasteiger partial charge on any atom is -0.454 e. The standard InChI is InChI=1S/C21H28ClNO4/c1-13(2)23(14(3)4)19(25)27-21-12-6-11-20(21,5)17(26-18(21)24)15-7-9-16(22)10-8-15/h7-10,13-14,17H,6,11-12H2,1-5H3/t17-,20-,21-/m1/s1. The van der Waals surface area contributed by atoms with Crippen LogP contribution in [0.1, 0.15) is 65.5 Å². The van der Waals surface area contributed by atoms with Crippen LogP contribution < -0.4 is 0 Å². The molecule has 1 aromatic carbocycles. The largest absolute Gasteiger partial charge is 0.454 e. The third kappa shape index (κ3) is 3.10. The molecule has 6 heteroatoms. The molecule has 1 aliphatic carbocycles. The van der Waals surface area contributed by atoms with Crippen molar-refractivity contribution >= 4 is 23.7 Å². The zero-order valence-corrected chi connectivity index (χ0v) is 17.4. The normalized spacial score (nSPS) is 29.8. The molecule has 27 heavy (non-hydrogen) atoms. The van der Waals surface area contributed by atoms with Gasteiger partial charge in [-0.15, -0.1) is 0 Å². The maximum atomic E-state index is 13.0. The van der Waals surface area contributed by atoms with Gasteiger partial charge in [0.05, 0.1) is 5.41 Å². The molecule has 3 atom stereocenters. The third-order valence-electron chi connectivity index (χ3n) is 6.04. The van der Waals surface area contributed by atoms with Gasteiger partial charge in [0.1, 0.15) is 6.10 Å². The summed E-state index contributed by atoms with van der Waals surface area (Å²) in [4.78, 5) is 27.6. The van der Waals surface area contributed by atoms with Crippen molar-refractivity contribution in [1.82, 2.24) is 4.90 Å². The van der Waals surface area contributed by atoms with E-state index in [-0.39, 0.29) is 12.1 Å². The van der Waals surface area contributed by atoms with Crippen molar-refractivity contribution in [2.24, 2.45) is 5.41 Å². The number of esters is 1. The molecule has 1 saturated heterocycles. The number of amides is 1. The maximum Gasteiger partial charge on any atom is 0.411 e. The first-order valence-corrected chi connectivity index (χ1v) is 9.98. The zero-order chi connectivity index (χ0) is 20.0. The number of rotatable bonds is 4. The summed E-state index contributed by atoms with van der Waals surface area (Å²) in [5.41, 5.74) is -0.969. The van der Waals surface area contributed by atoms with Crippen LogP contribution in [0.25, 0.3) is 0 Å². The van der Waals surface area contributed by atoms with Crippen molar-refractivity contribution in [2.75, 3.05) is 0 Å². The van der Waals surface area contributed by atoms with Crippen molar-refractivity contribution in [3.63, 3.8) is 0 Å². The lowest BCUT2D eigenvalue weighted by molar-refractivity contribution is -0.157. The fourth-order valence-corrected chi connectivity index (χ4v) is 4.83. The number of carbonyl (C=O) groups is 2. The number of hydrogen-bond acceptors (Lipinski definition) is 4. The van der Waals surface area contributed by atoms with Crippen LogP contribution in [0.4, 0.5) is 4.79 Å². The Morgan fingerprint density at radius 2 is 1.78 bits per heavy atom. The molecule has 0 radical (unpaired) electrons. The maximum absolute atomic E-state index is 13.0. The van der Waals surface area contributed by atoms with Gasteiger partial charge in [-0.25, -0.2) is 9.59 Å². The number of halogens is 1. The van der Waals surface area contributed by atoms with Gasteiger partial charge in [-0.3, -0.25) is 0 Å². The molecule has 148 valence electrons. The number of ether oxygens (including phenoxy) is 2. The minimum absolute atomic E-state index is 0.0222. The second-order valence-electron chi connectivity index (χ2n) is 8.40. The van der Waals surface area contributed by atoms with Gasteiger partial charge in [0.25, 0.3) is 0 Å². The monoisotopic (exact) mass is 393 g/mol. The molecule has 1 saturated carbocycles. The molecule has 0 unspecified atom stereocenters. The van der Waals surface area contributed by atoms with Gasteiger partial charge in [0.15, 0.2) is 0 Å². The Balaban J connectivity index is 1.95. The van der Waals surface area contributed by atoms with Crippen molar-refractivity contribution < 1.29 is 19.1 Å². The first kappa shape index (κ1) is 20.0. The molecule has 1 aromatic rings. The van der Waals surface area contributed by atoms with Crippen molar-refractivity contribution in [1.29, 1.82) is 0 Å². The molecule has 3 rings (SSSR count). The number of benzene rings is 1. The van der Waals surface area contributed by atoms with Crippen LogP contribution in [0.2, 0.25) is 5.02 Å². The van der Waals surface area contributed by atoms with E-state index in [1.807, 2.05) is 46.8 Å². The van der Waals surface area contributed by atoms with E-state index in [4.69, 9.17) is 21.1 Å². The molecule has 0 aromatic heterocycles. The van der Waals surface area contributed by atoms with Crippen LogP contribution in [0.15, 0.2) is 24.3 Å². The van der Waals surface area contributed by atoms with E-state index in [1.54, 1.807) is 17.0 Å². The highest BCUT2D eigenvalue weighted by Gasteiger charge is 2.70. The van der Waals surface area contributed by atoms with Crippen molar-refractivity contribution in [3.8, 4) is 0 Å². The number of hydrogen-bond donors (Lipinski definition) is 0. The summed E-state index contributed by atoms with van der Waals surface area (Å²) in [6, 6.07) is 7.27. The Labute approximate surface area is 166 Å². The summed E-state index contributed by atoms with van der Waals surface area (Å²) in [6.07, 6.45) is 1.14. The van der Waals surface area contributed by atoms with E-state index in [9.17, 15) is 9.59 Å². The Morgan fingerprint density at radius 3 is 2.33 bits per heavy atom. The van der Waals surface area contributed by atoms with Crippen LogP contribution in [0.3, 0.4) is 0 Å². The van der Waals surface area contributed by atoms with Crippen LogP contribution in [-0.2, 0) is 14.3 Å². The summed E-state index contributed by atoms with van der Waals surface area (Å²) in [7, 11) is 0. The summed E-state index contributed by atoms with van der Waals surface area (Å²) in [5, 5.41) is 0.627. The predicted molar refractivity (Wildman–Crippen MR) is 104 cm³/mol. The highest BCUT2D eigenvalue weighted by atomic mass is 35.5. The first-order chi connectivity index (χ1) is 12.6. The van der Waals surface area contributed by atoms with Crippen LogP contribution in [0, 0.1) is 5.41 Å². The zero-order valence-electron chi connectivity index (χ0n) is 16.6. The average molecular weight is 394 g/mol. The quantitative estimate of drug-likeness (QED) is 0.666. The smallest absolute Gasteiger partial charge is 0.411 e. The number of nitrogens with zero attached hydrogens (tertiary/aromatic N) is 1. The van der Waals surface area contributed by atoms with Crippen LogP contribution in [-0.4, -0.2) is 34.6 Å². The number of cyclic esters (lactones) is 1. The summed E-state index contributed by atoms with van der Waals surface area (Å²) >= 11 is 6.00. The molecule has 0 bridgehead atoms. The SMILES string of the molecule is CC(C)N(C(=O)O[C@@]12CCC[C@]1(C)[C@@H](c1ccc(Cl)cc1)OC2=O)C(C)C. The predicted octanol–water partition coefficient (Wildman–Crippen LogP) is 5.12. The highest BCUT2D eigenvalue weighted by molar-refractivity contribution is 6.30. The van der Waals surface area contributed by atoms with Gasteiger partial charge in [0.2, 0.25) is 5.60 Å². The summed E-state index contributed by atoms with van der Waals surface area (Å²) < 4.78 is 11.8. The fraction of sp³-hybridized carbons (Fsp3) is 0.619. The van der Waals surface area contributed by atoms with E-state index in [1.165, 1.54) is 0 Å². The molecule has 0 N–H and O–H groups in total. The first-order valence-electron chi connectivity index (χ1n) is 9.60. The lowest BCUT2D eigenvalue weighted by Gasteiger charge is -2.38. The van der Waals surface area contributed by atoms with E-state index in [0.717, 1.165) is 18.4 Å². The summed E-state index contributed by atoms with van der Waals surface area (Å²) in [5.74, 6) is -0.441. The fourth-order valence-electron chi connectivity index (χ4n) is 4.70. The summed E-state index contributed by atoms with van der Waals surface area (Å²) in [6.45, 7) is 9.76. The van der Waals surface area contributed by atoms with Gasteiger partial charge in [-0.1, -0.05) is 30.7 Å². The molecule has 2 aliphatic rings. The Bertz CT molecular complexity index is 724. The van der Waals surface area contributed by atoms with Gasteiger partial charge < -0.3 is 14.4 Å². The molecular weight excluding hydrogens is 366 g/mol. The van der Waals surface area contributed by atoms with Gasteiger partial charge in [-0.05, 0) is 64.7 Å². The Kier molecular flexibility index (Phi) is 5.19. The van der Waals surface area contributed by atoms with E-state index < -0.39 is 29.2 Å². The van der Waals surface area contributed by atoms with Crippen LogP contribution in [0.5, 0.6) is 0 Å². The Morgan fingerprint density at radius 1 is 1.19 bits per heavy atom. The molecule has 1 heterocycles. The Hall–Kier alpha value is -1.75. The van der Waals surface area contributed by atoms with E-state index in [0.29, 0.717) is 11.4 Å². The molecule has 5 nitrogen and oxygen atoms in total. The number of fused-ring (bicyclic) bond motifs is 1. The molecule has 1 amide bonds. The van der Waals surface area contributed by atoms with Gasteiger partial charge in [-0.2, -0.15) is 0 Å². The van der Waals surface area contributed by atoms with Crippen molar-refractivity contribution in [3.05, 3.63) is 34.9 Å². The van der Waals surface area contributed by atoms with Gasteiger partial charge >= 0.3 is 12.1 Å². The molecule has 1 aliphatic heterocycles. The molecule has 0 spiro atoms. The second kappa shape index (κ2) is 7.01. The van der Waals surface area contributed by atoms with Crippen molar-refractivity contribution in [2.45, 2.75) is 77.7 Å². The van der Waals surface area contributed by atoms with E-state index >= 15 is 0 Å². The third-order valence-corrected chi connectivity index (χ3v) is 6.29. The number of carbonyl (C=O) groups excluding carboxylic acids is 2. The second-order valence-corrected chi connectivity index (χ2v) is 8.83. The average Bonchev–Trinajstić information content (AvgIpc) is 2.99. The van der Waals surface area contributed by atoms with Crippen LogP contribution >= 0.6 is 11.6 Å². The minimum atomic E-state index is -1.24. The molecular formula is C21H28ClNO4. The van der Waals surface area contributed by atoms with E-state index in [2.05, 4.69) is 0 Å². The molecule has 2 fully saturated rings. The lowest BCUT2D eigenvalue weighted by atomic mass is 9.72. The van der Waals surface area contributed by atoms with Gasteiger partial charge in [0, 0.05) is 17.1 Å². The highest BCUT2D eigenvalue weighted by Crippen LogP contribution is 2.62.